The third kappa shape index (κ3) is 4.94. The number of nitrogens with zero attached hydrogens (tertiary/aromatic N) is 3. The lowest BCUT2D eigenvalue weighted by molar-refractivity contribution is 0.0948. The first kappa shape index (κ1) is 19.9. The van der Waals surface area contributed by atoms with Gasteiger partial charge in [0.05, 0.1) is 17.5 Å². The molecule has 0 saturated heterocycles. The van der Waals surface area contributed by atoms with Gasteiger partial charge in [-0.1, -0.05) is 5.21 Å². The van der Waals surface area contributed by atoms with Crippen molar-refractivity contribution in [3.05, 3.63) is 35.7 Å². The van der Waals surface area contributed by atoms with E-state index in [4.69, 9.17) is 4.74 Å². The summed E-state index contributed by atoms with van der Waals surface area (Å²) >= 11 is 0. The van der Waals surface area contributed by atoms with E-state index >= 15 is 0 Å². The van der Waals surface area contributed by atoms with Gasteiger partial charge in [0.15, 0.2) is 5.69 Å². The topological polar surface area (TPSA) is 81.1 Å². The van der Waals surface area contributed by atoms with Crippen LogP contribution >= 0.6 is 12.4 Å². The summed E-state index contributed by atoms with van der Waals surface area (Å²) in [4.78, 5) is 12.1. The summed E-state index contributed by atoms with van der Waals surface area (Å²) in [5, 5.41) is 13.8. The molecule has 1 heterocycles. The lowest BCUT2D eigenvalue weighted by atomic mass is 10.2. The molecule has 0 aliphatic rings. The summed E-state index contributed by atoms with van der Waals surface area (Å²) in [5.41, 5.74) is 1.87. The zero-order valence-electron chi connectivity index (χ0n) is 14.4. The highest BCUT2D eigenvalue weighted by Gasteiger charge is 2.16. The monoisotopic (exact) mass is 353 g/mol. The van der Waals surface area contributed by atoms with Crippen molar-refractivity contribution in [3.63, 3.8) is 0 Å². The Bertz CT molecular complexity index is 655. The Hall–Kier alpha value is -2.12. The number of likely N-dealkylation sites (N-methyl/N-ethyl adjacent to an activating group) is 1. The minimum Gasteiger partial charge on any atom is -0.491 e. The van der Waals surface area contributed by atoms with Crippen LogP contribution in [-0.4, -0.2) is 47.1 Å². The van der Waals surface area contributed by atoms with E-state index in [1.165, 1.54) is 0 Å². The number of hydrogen-bond acceptors (Lipinski definition) is 5. The average Bonchev–Trinajstić information content (AvgIpc) is 2.89. The van der Waals surface area contributed by atoms with Crippen LogP contribution < -0.4 is 15.4 Å². The highest BCUT2D eigenvalue weighted by molar-refractivity contribution is 5.93. The molecule has 0 atom stereocenters. The molecule has 1 aromatic heterocycles. The summed E-state index contributed by atoms with van der Waals surface area (Å²) in [6, 6.07) is 7.54. The van der Waals surface area contributed by atoms with Crippen molar-refractivity contribution in [1.82, 2.24) is 25.6 Å². The Morgan fingerprint density at radius 1 is 1.25 bits per heavy atom. The molecule has 0 aliphatic heterocycles. The summed E-state index contributed by atoms with van der Waals surface area (Å²) in [6.45, 7) is 7.04. The van der Waals surface area contributed by atoms with E-state index in [0.717, 1.165) is 11.4 Å². The summed E-state index contributed by atoms with van der Waals surface area (Å²) in [5.74, 6) is 0.579. The quantitative estimate of drug-likeness (QED) is 0.741. The molecular formula is C16H24ClN5O2. The third-order valence-electron chi connectivity index (χ3n) is 3.22. The van der Waals surface area contributed by atoms with Crippen LogP contribution in [0, 0.1) is 6.92 Å². The summed E-state index contributed by atoms with van der Waals surface area (Å²) in [6.07, 6.45) is 0.127. The van der Waals surface area contributed by atoms with Gasteiger partial charge in [0.1, 0.15) is 5.75 Å². The van der Waals surface area contributed by atoms with Crippen LogP contribution in [-0.2, 0) is 0 Å². The second kappa shape index (κ2) is 9.24. The number of aromatic nitrogens is 3. The second-order valence-corrected chi connectivity index (χ2v) is 5.46. The molecule has 0 bridgehead atoms. The van der Waals surface area contributed by atoms with Crippen LogP contribution in [0.1, 0.15) is 30.0 Å². The van der Waals surface area contributed by atoms with E-state index < -0.39 is 0 Å². The predicted octanol–water partition coefficient (Wildman–Crippen LogP) is 1.73. The second-order valence-electron chi connectivity index (χ2n) is 5.46. The first-order chi connectivity index (χ1) is 11.0. The number of halogens is 1. The van der Waals surface area contributed by atoms with Gasteiger partial charge in [-0.3, -0.25) is 4.79 Å². The maximum absolute atomic E-state index is 12.1. The molecule has 1 amide bonds. The van der Waals surface area contributed by atoms with Crippen LogP contribution in [0.25, 0.3) is 5.69 Å². The van der Waals surface area contributed by atoms with Crippen molar-refractivity contribution >= 4 is 18.3 Å². The molecule has 0 spiro atoms. The standard InChI is InChI=1S/C16H23N5O2.ClH/c1-11(2)23-14-7-5-13(6-8-14)21-12(3)15(19-20-21)16(22)18-10-9-17-4;/h5-8,11,17H,9-10H2,1-4H3,(H,18,22);1H. The fraction of sp³-hybridized carbons (Fsp3) is 0.438. The average molecular weight is 354 g/mol. The minimum absolute atomic E-state index is 0. The number of nitrogens with one attached hydrogen (secondary N) is 2. The van der Waals surface area contributed by atoms with E-state index in [0.29, 0.717) is 24.5 Å². The van der Waals surface area contributed by atoms with Gasteiger partial charge in [0.25, 0.3) is 5.91 Å². The maximum atomic E-state index is 12.1. The molecule has 7 nitrogen and oxygen atoms in total. The van der Waals surface area contributed by atoms with Crippen LogP contribution in [0.2, 0.25) is 0 Å². The Morgan fingerprint density at radius 2 is 1.92 bits per heavy atom. The highest BCUT2D eigenvalue weighted by atomic mass is 35.5. The molecule has 0 aliphatic carbocycles. The van der Waals surface area contributed by atoms with Gasteiger partial charge in [-0.05, 0) is 52.1 Å². The van der Waals surface area contributed by atoms with Gasteiger partial charge in [0.2, 0.25) is 0 Å². The lowest BCUT2D eigenvalue weighted by Gasteiger charge is -2.10. The zero-order chi connectivity index (χ0) is 16.8. The Kier molecular flexibility index (Phi) is 7.67. The van der Waals surface area contributed by atoms with Gasteiger partial charge < -0.3 is 15.4 Å². The molecule has 2 aromatic rings. The number of amides is 1. The number of hydrogen-bond donors (Lipinski definition) is 2. The number of ether oxygens (including phenoxy) is 1. The molecule has 2 N–H and O–H groups in total. The number of carbonyl (C=O) groups is 1. The highest BCUT2D eigenvalue weighted by Crippen LogP contribution is 2.18. The fourth-order valence-electron chi connectivity index (χ4n) is 2.11. The van der Waals surface area contributed by atoms with E-state index in [1.54, 1.807) is 4.68 Å². The number of benzene rings is 1. The number of rotatable bonds is 7. The number of carbonyl (C=O) groups excluding carboxylic acids is 1. The van der Waals surface area contributed by atoms with Crippen LogP contribution in [0.15, 0.2) is 24.3 Å². The normalized spacial score (nSPS) is 10.4. The molecule has 0 fully saturated rings. The third-order valence-corrected chi connectivity index (χ3v) is 3.22. The van der Waals surface area contributed by atoms with Crippen molar-refractivity contribution in [2.75, 3.05) is 20.1 Å². The SMILES string of the molecule is CNCCNC(=O)c1nnn(-c2ccc(OC(C)C)cc2)c1C.Cl. The molecule has 0 saturated carbocycles. The Labute approximate surface area is 148 Å². The van der Waals surface area contributed by atoms with Gasteiger partial charge in [-0.15, -0.1) is 17.5 Å². The van der Waals surface area contributed by atoms with Crippen molar-refractivity contribution in [1.29, 1.82) is 0 Å². The molecule has 24 heavy (non-hydrogen) atoms. The summed E-state index contributed by atoms with van der Waals surface area (Å²) < 4.78 is 7.26. The Balaban J connectivity index is 0.00000288. The van der Waals surface area contributed by atoms with E-state index in [-0.39, 0.29) is 24.4 Å². The maximum Gasteiger partial charge on any atom is 0.273 e. The molecule has 0 unspecified atom stereocenters. The van der Waals surface area contributed by atoms with Crippen molar-refractivity contribution in [2.24, 2.45) is 0 Å². The van der Waals surface area contributed by atoms with Crippen molar-refractivity contribution in [2.45, 2.75) is 26.9 Å². The first-order valence-electron chi connectivity index (χ1n) is 7.65. The molecule has 8 heteroatoms. The van der Waals surface area contributed by atoms with Gasteiger partial charge in [-0.25, -0.2) is 4.68 Å². The van der Waals surface area contributed by atoms with Gasteiger partial charge in [-0.2, -0.15) is 0 Å². The molecule has 0 radical (unpaired) electrons. The molecular weight excluding hydrogens is 330 g/mol. The van der Waals surface area contributed by atoms with E-state index in [2.05, 4.69) is 20.9 Å². The summed E-state index contributed by atoms with van der Waals surface area (Å²) in [7, 11) is 1.83. The van der Waals surface area contributed by atoms with E-state index in [1.807, 2.05) is 52.1 Å². The fourth-order valence-corrected chi connectivity index (χ4v) is 2.11. The lowest BCUT2D eigenvalue weighted by Crippen LogP contribution is -2.31. The molecule has 1 aromatic carbocycles. The van der Waals surface area contributed by atoms with E-state index in [9.17, 15) is 4.79 Å². The zero-order valence-corrected chi connectivity index (χ0v) is 15.2. The smallest absolute Gasteiger partial charge is 0.273 e. The molecule has 2 rings (SSSR count). The van der Waals surface area contributed by atoms with Gasteiger partial charge >= 0.3 is 0 Å². The van der Waals surface area contributed by atoms with Crippen LogP contribution in [0.3, 0.4) is 0 Å². The first-order valence-corrected chi connectivity index (χ1v) is 7.65. The largest absolute Gasteiger partial charge is 0.491 e. The van der Waals surface area contributed by atoms with Crippen molar-refractivity contribution in [3.8, 4) is 11.4 Å². The molecule has 132 valence electrons. The minimum atomic E-state index is -0.219. The van der Waals surface area contributed by atoms with Gasteiger partial charge in [0, 0.05) is 13.1 Å². The van der Waals surface area contributed by atoms with Crippen LogP contribution in [0.5, 0.6) is 5.75 Å². The predicted molar refractivity (Wildman–Crippen MR) is 95.4 cm³/mol. The van der Waals surface area contributed by atoms with Crippen molar-refractivity contribution < 1.29 is 9.53 Å². The Morgan fingerprint density at radius 3 is 2.50 bits per heavy atom. The van der Waals surface area contributed by atoms with Crippen LogP contribution in [0.4, 0.5) is 0 Å².